The minimum absolute atomic E-state index is 1.15. The molecule has 0 atom stereocenters. The molecular weight excluding hydrogens is 360 g/mol. The van der Waals surface area contributed by atoms with Crippen molar-refractivity contribution < 1.29 is 0 Å². The van der Waals surface area contributed by atoms with Gasteiger partial charge in [0, 0.05) is 0 Å². The number of nitrogens with zero attached hydrogens (tertiary/aromatic N) is 2. The van der Waals surface area contributed by atoms with Gasteiger partial charge in [-0.05, 0) is 0 Å². The van der Waals surface area contributed by atoms with Gasteiger partial charge in [0.15, 0.2) is 0 Å². The van der Waals surface area contributed by atoms with Crippen molar-refractivity contribution in [2.24, 2.45) is 0 Å². The third-order valence-corrected chi connectivity index (χ3v) is 9.60. The second kappa shape index (κ2) is 6.65. The van der Waals surface area contributed by atoms with Crippen molar-refractivity contribution in [1.29, 1.82) is 0 Å². The summed E-state index contributed by atoms with van der Waals surface area (Å²) in [5.41, 5.74) is 1.41. The first-order valence-electron chi connectivity index (χ1n) is 6.48. The van der Waals surface area contributed by atoms with Gasteiger partial charge in [-0.15, -0.1) is 0 Å². The predicted molar refractivity (Wildman–Crippen MR) is 83.6 cm³/mol. The van der Waals surface area contributed by atoms with E-state index in [1.807, 2.05) is 24.8 Å². The average Bonchev–Trinajstić information content (AvgIpc) is 2.55. The van der Waals surface area contributed by atoms with Crippen molar-refractivity contribution in [2.45, 2.75) is 4.47 Å². The predicted octanol–water partition coefficient (Wildman–Crippen LogP) is 1.87. The molecule has 0 bridgehead atoms. The summed E-state index contributed by atoms with van der Waals surface area (Å²) in [5.74, 6) is 0. The average molecular weight is 375 g/mol. The van der Waals surface area contributed by atoms with Gasteiger partial charge >= 0.3 is 126 Å². The zero-order valence-corrected chi connectivity index (χ0v) is 13.3. The molecule has 20 heavy (non-hydrogen) atoms. The van der Waals surface area contributed by atoms with Crippen molar-refractivity contribution in [1.82, 2.24) is 9.97 Å². The van der Waals surface area contributed by atoms with E-state index in [9.17, 15) is 0 Å². The third kappa shape index (κ3) is 3.25. The summed E-state index contributed by atoms with van der Waals surface area (Å²) >= 11 is -1.61. The van der Waals surface area contributed by atoms with Crippen molar-refractivity contribution in [3.05, 3.63) is 84.9 Å². The molecule has 0 spiro atoms. The van der Waals surface area contributed by atoms with Crippen LogP contribution in [0.5, 0.6) is 0 Å². The van der Waals surface area contributed by atoms with Crippen molar-refractivity contribution in [3.63, 3.8) is 0 Å². The number of benzene rings is 1. The van der Waals surface area contributed by atoms with E-state index in [1.54, 1.807) is 0 Å². The Hall–Kier alpha value is -1.69. The molecule has 0 unspecified atom stereocenters. The zero-order chi connectivity index (χ0) is 13.6. The van der Waals surface area contributed by atoms with Crippen molar-refractivity contribution in [3.8, 4) is 0 Å². The van der Waals surface area contributed by atoms with Crippen molar-refractivity contribution >= 4 is 26.8 Å². The second-order valence-electron chi connectivity index (χ2n) is 4.39. The van der Waals surface area contributed by atoms with Gasteiger partial charge in [0.2, 0.25) is 0 Å². The Kier molecular flexibility index (Phi) is 4.42. The van der Waals surface area contributed by atoms with Crippen LogP contribution >= 0.6 is 0 Å². The van der Waals surface area contributed by atoms with E-state index in [0.29, 0.717) is 0 Å². The summed E-state index contributed by atoms with van der Waals surface area (Å²) in [6.07, 6.45) is 7.59. The van der Waals surface area contributed by atoms with Gasteiger partial charge in [-0.2, -0.15) is 0 Å². The maximum absolute atomic E-state index is 4.14. The molecule has 2 nitrogen and oxygen atoms in total. The number of pyridine rings is 2. The fourth-order valence-corrected chi connectivity index (χ4v) is 7.85. The minimum atomic E-state index is -1.61. The van der Waals surface area contributed by atoms with E-state index in [-0.39, 0.29) is 0 Å². The quantitative estimate of drug-likeness (QED) is 0.651. The van der Waals surface area contributed by atoms with Crippen LogP contribution in [0.4, 0.5) is 0 Å². The van der Waals surface area contributed by atoms with Crippen LogP contribution in [0.15, 0.2) is 79.4 Å². The molecule has 0 radical (unpaired) electrons. The fourth-order valence-electron chi connectivity index (χ4n) is 2.05. The Labute approximate surface area is 126 Å². The van der Waals surface area contributed by atoms with Gasteiger partial charge in [-0.25, -0.2) is 0 Å². The van der Waals surface area contributed by atoms with Crippen LogP contribution in [0, 0.1) is 0 Å². The standard InChI is InChI=1S/C17H15N2Te/c1-2-4-15(5-3-1)14-20(16-6-10-18-11-7-16)17-8-12-19-13-9-17/h1-13H,14H2/q+1. The molecular formula is C17H15N2Te+. The molecule has 0 saturated heterocycles. The third-order valence-electron chi connectivity index (χ3n) is 3.02. The van der Waals surface area contributed by atoms with Crippen LogP contribution in [0.25, 0.3) is 0 Å². The van der Waals surface area contributed by atoms with Gasteiger partial charge in [-0.3, -0.25) is 0 Å². The fraction of sp³-hybridized carbons (Fsp3) is 0.0588. The molecule has 0 aliphatic carbocycles. The molecule has 0 amide bonds. The Morgan fingerprint density at radius 3 is 1.65 bits per heavy atom. The molecule has 3 rings (SSSR count). The molecule has 0 N–H and O–H groups in total. The Morgan fingerprint density at radius 1 is 0.650 bits per heavy atom. The number of hydrogen-bond acceptors (Lipinski definition) is 2. The van der Waals surface area contributed by atoms with Gasteiger partial charge < -0.3 is 0 Å². The summed E-state index contributed by atoms with van der Waals surface area (Å²) in [5, 5.41) is 0. The number of aromatic nitrogens is 2. The molecule has 0 aliphatic heterocycles. The van der Waals surface area contributed by atoms with Crippen LogP contribution in [-0.4, -0.2) is 29.5 Å². The van der Waals surface area contributed by atoms with Gasteiger partial charge in [0.1, 0.15) is 0 Å². The normalized spacial score (nSPS) is 10.7. The SMILES string of the molecule is c1ccc(C[Te+](c2ccncc2)c2ccncc2)cc1. The van der Waals surface area contributed by atoms with E-state index in [4.69, 9.17) is 0 Å². The van der Waals surface area contributed by atoms with Crippen LogP contribution in [0.1, 0.15) is 5.56 Å². The molecule has 3 heteroatoms. The molecule has 2 aromatic heterocycles. The number of hydrogen-bond donors (Lipinski definition) is 0. The summed E-state index contributed by atoms with van der Waals surface area (Å²) in [6, 6.07) is 19.4. The zero-order valence-electron chi connectivity index (χ0n) is 11.0. The van der Waals surface area contributed by atoms with Crippen LogP contribution in [0.3, 0.4) is 0 Å². The maximum atomic E-state index is 4.14. The van der Waals surface area contributed by atoms with E-state index >= 15 is 0 Å². The topological polar surface area (TPSA) is 25.8 Å². The molecule has 2 heterocycles. The van der Waals surface area contributed by atoms with Gasteiger partial charge in [0.05, 0.1) is 0 Å². The second-order valence-corrected chi connectivity index (χ2v) is 10.1. The summed E-state index contributed by atoms with van der Waals surface area (Å²) in [7, 11) is 0. The van der Waals surface area contributed by atoms with Crippen LogP contribution < -0.4 is 7.22 Å². The summed E-state index contributed by atoms with van der Waals surface area (Å²) in [6.45, 7) is 0. The first kappa shape index (κ1) is 13.3. The van der Waals surface area contributed by atoms with Gasteiger partial charge in [-0.1, -0.05) is 0 Å². The molecule has 98 valence electrons. The Bertz CT molecular complexity index is 602. The first-order chi connectivity index (χ1) is 9.93. The van der Waals surface area contributed by atoms with E-state index in [0.717, 1.165) is 4.47 Å². The molecule has 3 aromatic rings. The molecule has 0 aliphatic rings. The van der Waals surface area contributed by atoms with Crippen LogP contribution in [0.2, 0.25) is 0 Å². The van der Waals surface area contributed by atoms with Gasteiger partial charge in [0.25, 0.3) is 0 Å². The number of rotatable bonds is 4. The molecule has 1 aromatic carbocycles. The van der Waals surface area contributed by atoms with Crippen LogP contribution in [-0.2, 0) is 4.47 Å². The molecule has 0 saturated carbocycles. The van der Waals surface area contributed by atoms with Crippen molar-refractivity contribution in [2.75, 3.05) is 0 Å². The van der Waals surface area contributed by atoms with E-state index in [1.165, 1.54) is 12.8 Å². The summed E-state index contributed by atoms with van der Waals surface area (Å²) < 4.78 is 4.07. The Morgan fingerprint density at radius 2 is 1.15 bits per heavy atom. The van der Waals surface area contributed by atoms with E-state index < -0.39 is 19.6 Å². The Balaban J connectivity index is 1.96. The first-order valence-corrected chi connectivity index (χ1v) is 10.5. The molecule has 0 fully saturated rings. The summed E-state index contributed by atoms with van der Waals surface area (Å²) in [4.78, 5) is 8.29. The van der Waals surface area contributed by atoms with E-state index in [2.05, 4.69) is 64.6 Å². The monoisotopic (exact) mass is 377 g/mol.